The van der Waals surface area contributed by atoms with Crippen molar-refractivity contribution < 1.29 is 26.3 Å². The van der Waals surface area contributed by atoms with Gasteiger partial charge in [-0.05, 0) is 17.7 Å². The van der Waals surface area contributed by atoms with Gasteiger partial charge in [0.05, 0.1) is 5.56 Å². The maximum absolute atomic E-state index is 12.2. The molecule has 0 aliphatic rings. The second kappa shape index (κ2) is 4.38. The molecule has 0 unspecified atom stereocenters. The summed E-state index contributed by atoms with van der Waals surface area (Å²) in [7, 11) is 0. The van der Waals surface area contributed by atoms with Gasteiger partial charge in [-0.2, -0.15) is 26.3 Å². The number of hydrogen-bond acceptors (Lipinski definition) is 1. The molecular weight excluding hydrogens is 272 g/mol. The van der Waals surface area contributed by atoms with Gasteiger partial charge < -0.3 is 5.73 Å². The van der Waals surface area contributed by atoms with Crippen LogP contribution in [0.3, 0.4) is 0 Å². The number of alkyl halides is 6. The van der Waals surface area contributed by atoms with Crippen LogP contribution in [-0.4, -0.2) is 6.18 Å². The molecule has 0 aliphatic heterocycles. The van der Waals surface area contributed by atoms with Gasteiger partial charge in [-0.25, -0.2) is 0 Å². The molecule has 0 amide bonds. The Morgan fingerprint density at radius 2 is 1.59 bits per heavy atom. The average molecular weight is 278 g/mol. The Bertz CT molecular complexity index is 411. The van der Waals surface area contributed by atoms with E-state index in [2.05, 4.69) is 0 Å². The van der Waals surface area contributed by atoms with Crippen molar-refractivity contribution in [2.45, 2.75) is 18.4 Å². The third kappa shape index (κ3) is 3.26. The minimum absolute atomic E-state index is 0.419. The lowest BCUT2D eigenvalue weighted by molar-refractivity contribution is -0.149. The normalized spacial score (nSPS) is 14.8. The summed E-state index contributed by atoms with van der Waals surface area (Å²) in [5.41, 5.74) is 3.13. The molecule has 17 heavy (non-hydrogen) atoms. The molecular formula is C9H6ClF6N. The molecule has 0 aliphatic carbocycles. The molecule has 1 rings (SSSR count). The molecule has 0 heterocycles. The Morgan fingerprint density at radius 1 is 1.06 bits per heavy atom. The summed E-state index contributed by atoms with van der Waals surface area (Å²) in [6, 6.07) is -0.851. The zero-order valence-electron chi connectivity index (χ0n) is 8.03. The van der Waals surface area contributed by atoms with E-state index in [1.807, 2.05) is 0 Å². The van der Waals surface area contributed by atoms with Crippen molar-refractivity contribution in [2.24, 2.45) is 5.73 Å². The van der Waals surface area contributed by atoms with Gasteiger partial charge >= 0.3 is 12.4 Å². The van der Waals surface area contributed by atoms with Gasteiger partial charge in [-0.1, -0.05) is 17.7 Å². The summed E-state index contributed by atoms with van der Waals surface area (Å²) in [6.07, 6.45) is -9.42. The van der Waals surface area contributed by atoms with Crippen LogP contribution in [0.25, 0.3) is 0 Å². The van der Waals surface area contributed by atoms with Crippen LogP contribution in [0.15, 0.2) is 18.2 Å². The Morgan fingerprint density at radius 3 is 1.94 bits per heavy atom. The summed E-state index contributed by atoms with van der Waals surface area (Å²) in [5, 5.41) is -0.662. The van der Waals surface area contributed by atoms with Crippen LogP contribution in [0.1, 0.15) is 17.2 Å². The standard InChI is InChI=1S/C9H6ClF6N/c10-6-3-4(8(11,12)13)1-2-5(6)7(17)9(14,15)16/h1-3,7H,17H2/t7-/m1/s1. The number of benzene rings is 1. The highest BCUT2D eigenvalue weighted by Crippen LogP contribution is 2.37. The zero-order chi connectivity index (χ0) is 13.4. The fourth-order valence-electron chi connectivity index (χ4n) is 1.13. The van der Waals surface area contributed by atoms with Crippen molar-refractivity contribution in [3.8, 4) is 0 Å². The molecule has 1 aromatic carbocycles. The molecule has 0 saturated carbocycles. The first-order valence-electron chi connectivity index (χ1n) is 4.22. The third-order valence-electron chi connectivity index (χ3n) is 2.02. The van der Waals surface area contributed by atoms with Gasteiger partial charge in [0, 0.05) is 5.02 Å². The minimum Gasteiger partial charge on any atom is -0.316 e. The predicted molar refractivity (Wildman–Crippen MR) is 49.4 cm³/mol. The Hall–Kier alpha value is -0.950. The predicted octanol–water partition coefficient (Wildman–Crippen LogP) is 3.92. The van der Waals surface area contributed by atoms with Gasteiger partial charge in [0.25, 0.3) is 0 Å². The first kappa shape index (κ1) is 14.1. The van der Waals surface area contributed by atoms with Crippen molar-refractivity contribution in [3.05, 3.63) is 34.3 Å². The monoisotopic (exact) mass is 277 g/mol. The van der Waals surface area contributed by atoms with Gasteiger partial charge in [0.2, 0.25) is 0 Å². The van der Waals surface area contributed by atoms with E-state index < -0.39 is 34.5 Å². The largest absolute Gasteiger partial charge is 0.416 e. The smallest absolute Gasteiger partial charge is 0.316 e. The molecule has 0 aromatic heterocycles. The molecule has 1 nitrogen and oxygen atoms in total. The van der Waals surface area contributed by atoms with Crippen LogP contribution < -0.4 is 5.73 Å². The van der Waals surface area contributed by atoms with Crippen LogP contribution >= 0.6 is 11.6 Å². The van der Waals surface area contributed by atoms with Crippen molar-refractivity contribution in [2.75, 3.05) is 0 Å². The highest BCUT2D eigenvalue weighted by atomic mass is 35.5. The van der Waals surface area contributed by atoms with Crippen molar-refractivity contribution in [1.29, 1.82) is 0 Å². The maximum Gasteiger partial charge on any atom is 0.416 e. The molecule has 1 aromatic rings. The van der Waals surface area contributed by atoms with E-state index in [1.54, 1.807) is 0 Å². The van der Waals surface area contributed by atoms with Crippen molar-refractivity contribution in [3.63, 3.8) is 0 Å². The van der Waals surface area contributed by atoms with Gasteiger partial charge in [0.15, 0.2) is 0 Å². The first-order valence-corrected chi connectivity index (χ1v) is 4.60. The van der Waals surface area contributed by atoms with Crippen LogP contribution in [0.4, 0.5) is 26.3 Å². The number of halogens is 7. The fourth-order valence-corrected chi connectivity index (χ4v) is 1.43. The lowest BCUT2D eigenvalue weighted by atomic mass is 10.0. The average Bonchev–Trinajstić information content (AvgIpc) is 2.13. The second-order valence-electron chi connectivity index (χ2n) is 3.25. The number of nitrogens with two attached hydrogens (primary N) is 1. The molecule has 0 saturated heterocycles. The van der Waals surface area contributed by atoms with Gasteiger partial charge in [-0.15, -0.1) is 0 Å². The highest BCUT2D eigenvalue weighted by Gasteiger charge is 2.39. The SMILES string of the molecule is N[C@H](c1ccc(C(F)(F)F)cc1Cl)C(F)(F)F. The second-order valence-corrected chi connectivity index (χ2v) is 3.66. The Balaban J connectivity index is 3.15. The van der Waals surface area contributed by atoms with E-state index in [-0.39, 0.29) is 0 Å². The van der Waals surface area contributed by atoms with Gasteiger partial charge in [-0.3, -0.25) is 0 Å². The Labute approximate surface area is 97.2 Å². The molecule has 0 spiro atoms. The van der Waals surface area contributed by atoms with Crippen LogP contribution in [-0.2, 0) is 6.18 Å². The van der Waals surface area contributed by atoms with E-state index in [0.717, 1.165) is 0 Å². The van der Waals surface area contributed by atoms with E-state index in [4.69, 9.17) is 17.3 Å². The summed E-state index contributed by atoms with van der Waals surface area (Å²) in [5.74, 6) is 0. The lowest BCUT2D eigenvalue weighted by Crippen LogP contribution is -2.28. The number of hydrogen-bond donors (Lipinski definition) is 1. The van der Waals surface area contributed by atoms with Crippen molar-refractivity contribution in [1.82, 2.24) is 0 Å². The molecule has 96 valence electrons. The van der Waals surface area contributed by atoms with Gasteiger partial charge in [0.1, 0.15) is 6.04 Å². The van der Waals surface area contributed by atoms with E-state index in [1.165, 1.54) is 0 Å². The molecule has 0 fully saturated rings. The molecule has 2 N–H and O–H groups in total. The highest BCUT2D eigenvalue weighted by molar-refractivity contribution is 6.31. The molecule has 0 bridgehead atoms. The van der Waals surface area contributed by atoms with Crippen LogP contribution in [0, 0.1) is 0 Å². The summed E-state index contributed by atoms with van der Waals surface area (Å²) in [6.45, 7) is 0. The molecule has 0 radical (unpaired) electrons. The minimum atomic E-state index is -4.76. The topological polar surface area (TPSA) is 26.0 Å². The summed E-state index contributed by atoms with van der Waals surface area (Å²) >= 11 is 5.36. The third-order valence-corrected chi connectivity index (χ3v) is 2.34. The quantitative estimate of drug-likeness (QED) is 0.774. The molecule has 8 heteroatoms. The van der Waals surface area contributed by atoms with E-state index >= 15 is 0 Å². The fraction of sp³-hybridized carbons (Fsp3) is 0.333. The Kier molecular flexibility index (Phi) is 3.63. The van der Waals surface area contributed by atoms with E-state index in [0.29, 0.717) is 18.2 Å². The van der Waals surface area contributed by atoms with Crippen molar-refractivity contribution >= 4 is 11.6 Å². The van der Waals surface area contributed by atoms with Crippen LogP contribution in [0.2, 0.25) is 5.02 Å². The number of rotatable bonds is 1. The van der Waals surface area contributed by atoms with Crippen LogP contribution in [0.5, 0.6) is 0 Å². The maximum atomic E-state index is 12.2. The summed E-state index contributed by atoms with van der Waals surface area (Å²) in [4.78, 5) is 0. The first-order chi connectivity index (χ1) is 7.53. The molecule has 1 atom stereocenters. The lowest BCUT2D eigenvalue weighted by Gasteiger charge is -2.18. The summed E-state index contributed by atoms with van der Waals surface area (Å²) < 4.78 is 73.4. The van der Waals surface area contributed by atoms with E-state index in [9.17, 15) is 26.3 Å². The zero-order valence-corrected chi connectivity index (χ0v) is 8.79.